The number of carbonyl (C=O) groups is 2. The first-order valence-corrected chi connectivity index (χ1v) is 7.53. The molecular formula is C19H19N3O2. The predicted octanol–water partition coefficient (Wildman–Crippen LogP) is 2.89. The number of carbonyl (C=O) groups excluding carboxylic acids is 2. The molecule has 0 aliphatic rings. The fourth-order valence-corrected chi connectivity index (χ4v) is 2.26. The summed E-state index contributed by atoms with van der Waals surface area (Å²) >= 11 is 0. The molecule has 0 fully saturated rings. The van der Waals surface area contributed by atoms with Crippen LogP contribution in [0.1, 0.15) is 27.0 Å². The summed E-state index contributed by atoms with van der Waals surface area (Å²) in [6.45, 7) is 3.82. The molecule has 0 unspecified atom stereocenters. The minimum absolute atomic E-state index is 0.0494. The van der Waals surface area contributed by atoms with Gasteiger partial charge in [0.1, 0.15) is 0 Å². The van der Waals surface area contributed by atoms with Gasteiger partial charge in [-0.3, -0.25) is 9.59 Å². The molecule has 0 atom stereocenters. The molecule has 2 rings (SSSR count). The summed E-state index contributed by atoms with van der Waals surface area (Å²) in [7, 11) is 1.57. The number of anilines is 1. The number of benzene rings is 2. The van der Waals surface area contributed by atoms with Crippen molar-refractivity contribution >= 4 is 17.5 Å². The Labute approximate surface area is 141 Å². The number of likely N-dealkylation sites (N-methyl/N-ethyl adjacent to an activating group) is 1. The standard InChI is InChI=1S/C19H19N3O2/c1-13-4-5-14(2)17(10-13)21-18(23)12-22(3)19(24)16-8-6-15(11-20)7-9-16/h4-10H,12H2,1-3H3,(H,21,23). The Kier molecular flexibility index (Phi) is 5.33. The summed E-state index contributed by atoms with van der Waals surface area (Å²) in [5.74, 6) is -0.524. The second-order valence-corrected chi connectivity index (χ2v) is 5.72. The Morgan fingerprint density at radius 2 is 1.79 bits per heavy atom. The zero-order chi connectivity index (χ0) is 17.7. The van der Waals surface area contributed by atoms with Crippen LogP contribution in [0.5, 0.6) is 0 Å². The first-order valence-electron chi connectivity index (χ1n) is 7.53. The van der Waals surface area contributed by atoms with Crippen LogP contribution in [0.4, 0.5) is 5.69 Å². The van der Waals surface area contributed by atoms with E-state index in [1.807, 2.05) is 38.1 Å². The van der Waals surface area contributed by atoms with Crippen molar-refractivity contribution in [3.8, 4) is 6.07 Å². The molecular weight excluding hydrogens is 302 g/mol. The van der Waals surface area contributed by atoms with Crippen LogP contribution >= 0.6 is 0 Å². The lowest BCUT2D eigenvalue weighted by Gasteiger charge is -2.17. The van der Waals surface area contributed by atoms with Crippen molar-refractivity contribution in [3.63, 3.8) is 0 Å². The summed E-state index contributed by atoms with van der Waals surface area (Å²) < 4.78 is 0. The molecule has 2 aromatic rings. The third-order valence-corrected chi connectivity index (χ3v) is 3.66. The number of amides is 2. The van der Waals surface area contributed by atoms with E-state index in [9.17, 15) is 9.59 Å². The molecule has 0 spiro atoms. The second-order valence-electron chi connectivity index (χ2n) is 5.72. The molecule has 2 amide bonds. The molecule has 0 bridgehead atoms. The monoisotopic (exact) mass is 321 g/mol. The van der Waals surface area contributed by atoms with E-state index in [2.05, 4.69) is 5.32 Å². The first-order chi connectivity index (χ1) is 11.4. The molecule has 0 radical (unpaired) electrons. The van der Waals surface area contributed by atoms with Gasteiger partial charge in [-0.1, -0.05) is 12.1 Å². The quantitative estimate of drug-likeness (QED) is 0.941. The Morgan fingerprint density at radius 3 is 2.42 bits per heavy atom. The van der Waals surface area contributed by atoms with Gasteiger partial charge < -0.3 is 10.2 Å². The maximum Gasteiger partial charge on any atom is 0.254 e. The molecule has 0 heterocycles. The summed E-state index contributed by atoms with van der Waals surface area (Å²) in [4.78, 5) is 25.8. The highest BCUT2D eigenvalue weighted by atomic mass is 16.2. The van der Waals surface area contributed by atoms with Crippen LogP contribution in [-0.2, 0) is 4.79 Å². The van der Waals surface area contributed by atoms with E-state index in [0.29, 0.717) is 11.1 Å². The number of nitrogens with zero attached hydrogens (tertiary/aromatic N) is 2. The lowest BCUT2D eigenvalue weighted by molar-refractivity contribution is -0.116. The number of rotatable bonds is 4. The van der Waals surface area contributed by atoms with Crippen LogP contribution in [-0.4, -0.2) is 30.3 Å². The van der Waals surface area contributed by atoms with Gasteiger partial charge in [-0.15, -0.1) is 0 Å². The van der Waals surface area contributed by atoms with E-state index in [-0.39, 0.29) is 18.4 Å². The van der Waals surface area contributed by atoms with Crippen molar-refractivity contribution in [2.45, 2.75) is 13.8 Å². The molecule has 0 aromatic heterocycles. The normalized spacial score (nSPS) is 9.92. The molecule has 2 aromatic carbocycles. The maximum absolute atomic E-state index is 12.3. The van der Waals surface area contributed by atoms with Crippen molar-refractivity contribution in [3.05, 3.63) is 64.7 Å². The third kappa shape index (κ3) is 4.20. The molecule has 24 heavy (non-hydrogen) atoms. The van der Waals surface area contributed by atoms with Crippen molar-refractivity contribution < 1.29 is 9.59 Å². The molecule has 0 saturated heterocycles. The van der Waals surface area contributed by atoms with Gasteiger partial charge in [0.25, 0.3) is 5.91 Å². The van der Waals surface area contributed by atoms with Crippen molar-refractivity contribution in [1.82, 2.24) is 4.90 Å². The Morgan fingerprint density at radius 1 is 1.12 bits per heavy atom. The van der Waals surface area contributed by atoms with E-state index in [0.717, 1.165) is 16.8 Å². The van der Waals surface area contributed by atoms with Crippen molar-refractivity contribution in [2.75, 3.05) is 18.9 Å². The Balaban J connectivity index is 2.01. The molecule has 122 valence electrons. The molecule has 0 saturated carbocycles. The number of nitriles is 1. The fraction of sp³-hybridized carbons (Fsp3) is 0.211. The molecule has 1 N–H and O–H groups in total. The highest BCUT2D eigenvalue weighted by Gasteiger charge is 2.15. The molecule has 5 nitrogen and oxygen atoms in total. The Bertz CT molecular complexity index is 804. The highest BCUT2D eigenvalue weighted by molar-refractivity contribution is 5.99. The van der Waals surface area contributed by atoms with Gasteiger partial charge in [-0.2, -0.15) is 5.26 Å². The molecule has 0 aliphatic heterocycles. The van der Waals surface area contributed by atoms with Crippen LogP contribution in [0.3, 0.4) is 0 Å². The zero-order valence-corrected chi connectivity index (χ0v) is 14.0. The van der Waals surface area contributed by atoms with Crippen molar-refractivity contribution in [1.29, 1.82) is 5.26 Å². The first kappa shape index (κ1) is 17.2. The van der Waals surface area contributed by atoms with E-state index in [4.69, 9.17) is 5.26 Å². The van der Waals surface area contributed by atoms with E-state index >= 15 is 0 Å². The number of aryl methyl sites for hydroxylation is 2. The van der Waals surface area contributed by atoms with E-state index in [1.165, 1.54) is 4.90 Å². The van der Waals surface area contributed by atoms with Gasteiger partial charge in [0, 0.05) is 18.3 Å². The minimum atomic E-state index is -0.268. The van der Waals surface area contributed by atoms with E-state index < -0.39 is 0 Å². The van der Waals surface area contributed by atoms with Crippen LogP contribution in [0.2, 0.25) is 0 Å². The lowest BCUT2D eigenvalue weighted by Crippen LogP contribution is -2.35. The largest absolute Gasteiger partial charge is 0.332 e. The number of hydrogen-bond donors (Lipinski definition) is 1. The average molecular weight is 321 g/mol. The smallest absolute Gasteiger partial charge is 0.254 e. The van der Waals surface area contributed by atoms with E-state index in [1.54, 1.807) is 31.3 Å². The summed E-state index contributed by atoms with van der Waals surface area (Å²) in [6, 6.07) is 14.1. The third-order valence-electron chi connectivity index (χ3n) is 3.66. The second kappa shape index (κ2) is 7.42. The lowest BCUT2D eigenvalue weighted by atomic mass is 10.1. The average Bonchev–Trinajstić information content (AvgIpc) is 2.57. The maximum atomic E-state index is 12.3. The van der Waals surface area contributed by atoms with Gasteiger partial charge in [0.2, 0.25) is 5.91 Å². The SMILES string of the molecule is Cc1ccc(C)c(NC(=O)CN(C)C(=O)c2ccc(C#N)cc2)c1. The summed E-state index contributed by atoms with van der Waals surface area (Å²) in [6.07, 6.45) is 0. The van der Waals surface area contributed by atoms with Crippen LogP contribution in [0, 0.1) is 25.2 Å². The topological polar surface area (TPSA) is 73.2 Å². The molecule has 0 aliphatic carbocycles. The van der Waals surface area contributed by atoms with Crippen molar-refractivity contribution in [2.24, 2.45) is 0 Å². The fourth-order valence-electron chi connectivity index (χ4n) is 2.26. The summed E-state index contributed by atoms with van der Waals surface area (Å²) in [5, 5.41) is 11.6. The Hall–Kier alpha value is -3.13. The number of nitrogens with one attached hydrogen (secondary N) is 1. The predicted molar refractivity (Wildman–Crippen MR) is 92.7 cm³/mol. The highest BCUT2D eigenvalue weighted by Crippen LogP contribution is 2.16. The van der Waals surface area contributed by atoms with Gasteiger partial charge in [0.05, 0.1) is 18.2 Å². The van der Waals surface area contributed by atoms with Gasteiger partial charge >= 0.3 is 0 Å². The van der Waals surface area contributed by atoms with Crippen LogP contribution in [0.25, 0.3) is 0 Å². The molecule has 5 heteroatoms. The minimum Gasteiger partial charge on any atom is -0.332 e. The van der Waals surface area contributed by atoms with Crippen LogP contribution < -0.4 is 5.32 Å². The van der Waals surface area contributed by atoms with Gasteiger partial charge in [-0.05, 0) is 55.3 Å². The van der Waals surface area contributed by atoms with Gasteiger partial charge in [-0.25, -0.2) is 0 Å². The van der Waals surface area contributed by atoms with Gasteiger partial charge in [0.15, 0.2) is 0 Å². The number of hydrogen-bond acceptors (Lipinski definition) is 3. The summed E-state index contributed by atoms with van der Waals surface area (Å²) in [5.41, 5.74) is 3.70. The van der Waals surface area contributed by atoms with Crippen LogP contribution in [0.15, 0.2) is 42.5 Å². The zero-order valence-electron chi connectivity index (χ0n) is 14.0.